The third-order valence-corrected chi connectivity index (χ3v) is 1.92. The van der Waals surface area contributed by atoms with Crippen molar-refractivity contribution in [1.29, 1.82) is 0 Å². The van der Waals surface area contributed by atoms with Crippen LogP contribution in [0.15, 0.2) is 18.3 Å². The summed E-state index contributed by atoms with van der Waals surface area (Å²) < 4.78 is 0. The van der Waals surface area contributed by atoms with Crippen LogP contribution in [0.3, 0.4) is 0 Å². The maximum atomic E-state index is 11.1. The molecule has 3 nitrogen and oxygen atoms in total. The number of anilines is 1. The number of amides is 1. The van der Waals surface area contributed by atoms with Crippen LogP contribution >= 0.6 is 0 Å². The van der Waals surface area contributed by atoms with Crippen LogP contribution in [-0.2, 0) is 11.2 Å². The van der Waals surface area contributed by atoms with Crippen LogP contribution in [0.25, 0.3) is 0 Å². The minimum Gasteiger partial charge on any atom is -0.313 e. The van der Waals surface area contributed by atoms with Crippen molar-refractivity contribution >= 4 is 11.6 Å². The molecule has 0 saturated heterocycles. The minimum atomic E-state index is 0.124. The monoisotopic (exact) mass is 148 g/mol. The van der Waals surface area contributed by atoms with Crippen molar-refractivity contribution in [2.75, 3.05) is 11.9 Å². The number of carbonyl (C=O) groups is 1. The van der Waals surface area contributed by atoms with Crippen LogP contribution in [0.4, 0.5) is 5.69 Å². The van der Waals surface area contributed by atoms with Gasteiger partial charge in [-0.2, -0.15) is 0 Å². The normalized spacial score (nSPS) is 15.4. The molecule has 1 aromatic heterocycles. The van der Waals surface area contributed by atoms with Gasteiger partial charge >= 0.3 is 0 Å². The van der Waals surface area contributed by atoms with Crippen molar-refractivity contribution in [2.45, 2.75) is 6.42 Å². The average Bonchev–Trinajstić information content (AvgIpc) is 2.30. The second kappa shape index (κ2) is 2.05. The van der Waals surface area contributed by atoms with E-state index < -0.39 is 0 Å². The largest absolute Gasteiger partial charge is 0.313 e. The molecule has 0 saturated carbocycles. The molecule has 0 unspecified atom stereocenters. The fourth-order valence-electron chi connectivity index (χ4n) is 1.27. The molecule has 1 aliphatic heterocycles. The Kier molecular flexibility index (Phi) is 1.18. The van der Waals surface area contributed by atoms with E-state index in [1.165, 1.54) is 0 Å². The predicted octanol–water partition coefficient (Wildman–Crippen LogP) is 0.600. The van der Waals surface area contributed by atoms with Gasteiger partial charge in [0.05, 0.1) is 17.8 Å². The van der Waals surface area contributed by atoms with Gasteiger partial charge in [-0.15, -0.1) is 0 Å². The molecule has 0 atom stereocenters. The third-order valence-electron chi connectivity index (χ3n) is 1.92. The van der Waals surface area contributed by atoms with Crippen LogP contribution in [0, 0.1) is 0 Å². The molecule has 11 heavy (non-hydrogen) atoms. The molecular formula is C8H8N2O. The average molecular weight is 148 g/mol. The van der Waals surface area contributed by atoms with Crippen molar-refractivity contribution in [3.63, 3.8) is 0 Å². The summed E-state index contributed by atoms with van der Waals surface area (Å²) in [5.41, 5.74) is 1.83. The zero-order valence-corrected chi connectivity index (χ0v) is 6.24. The summed E-state index contributed by atoms with van der Waals surface area (Å²) in [5.74, 6) is 0.124. The number of fused-ring (bicyclic) bond motifs is 1. The lowest BCUT2D eigenvalue weighted by Gasteiger charge is -2.07. The van der Waals surface area contributed by atoms with E-state index in [2.05, 4.69) is 4.98 Å². The maximum Gasteiger partial charge on any atom is 0.232 e. The van der Waals surface area contributed by atoms with Crippen molar-refractivity contribution in [3.8, 4) is 0 Å². The van der Waals surface area contributed by atoms with Crippen molar-refractivity contribution in [2.24, 2.45) is 0 Å². The van der Waals surface area contributed by atoms with Gasteiger partial charge in [0.2, 0.25) is 5.91 Å². The fraction of sp³-hybridized carbons (Fsp3) is 0.250. The maximum absolute atomic E-state index is 11.1. The van der Waals surface area contributed by atoms with Gasteiger partial charge in [0.1, 0.15) is 0 Å². The first-order valence-corrected chi connectivity index (χ1v) is 3.49. The van der Waals surface area contributed by atoms with Gasteiger partial charge in [0, 0.05) is 13.2 Å². The first-order chi connectivity index (χ1) is 5.29. The van der Waals surface area contributed by atoms with Gasteiger partial charge in [-0.3, -0.25) is 9.78 Å². The van der Waals surface area contributed by atoms with Crippen LogP contribution < -0.4 is 4.90 Å². The summed E-state index contributed by atoms with van der Waals surface area (Å²) in [7, 11) is 1.77. The molecule has 2 heterocycles. The van der Waals surface area contributed by atoms with Crippen molar-refractivity contribution in [1.82, 2.24) is 4.98 Å². The highest BCUT2D eigenvalue weighted by molar-refractivity contribution is 6.00. The molecular weight excluding hydrogens is 140 g/mol. The highest BCUT2D eigenvalue weighted by Crippen LogP contribution is 2.24. The van der Waals surface area contributed by atoms with Gasteiger partial charge in [-0.25, -0.2) is 0 Å². The van der Waals surface area contributed by atoms with E-state index in [9.17, 15) is 4.79 Å². The SMILES string of the molecule is CN1C(=O)Cc2ncccc21. The smallest absolute Gasteiger partial charge is 0.232 e. The van der Waals surface area contributed by atoms with E-state index in [0.29, 0.717) is 6.42 Å². The molecule has 0 radical (unpaired) electrons. The molecule has 0 spiro atoms. The Morgan fingerprint density at radius 1 is 1.64 bits per heavy atom. The highest BCUT2D eigenvalue weighted by atomic mass is 16.2. The van der Waals surface area contributed by atoms with E-state index in [0.717, 1.165) is 11.4 Å². The molecule has 1 aromatic rings. The van der Waals surface area contributed by atoms with Crippen LogP contribution in [0.5, 0.6) is 0 Å². The zero-order valence-electron chi connectivity index (χ0n) is 6.24. The summed E-state index contributed by atoms with van der Waals surface area (Å²) in [5, 5.41) is 0. The molecule has 3 heteroatoms. The molecule has 2 rings (SSSR count). The number of likely N-dealkylation sites (N-methyl/N-ethyl adjacent to an activating group) is 1. The molecule has 1 aliphatic rings. The summed E-state index contributed by atoms with van der Waals surface area (Å²) >= 11 is 0. The number of hydrogen-bond donors (Lipinski definition) is 0. The lowest BCUT2D eigenvalue weighted by molar-refractivity contribution is -0.117. The van der Waals surface area contributed by atoms with Crippen LogP contribution in [0.1, 0.15) is 5.69 Å². The Hall–Kier alpha value is -1.38. The number of carbonyl (C=O) groups excluding carboxylic acids is 1. The molecule has 0 aromatic carbocycles. The summed E-state index contributed by atoms with van der Waals surface area (Å²) in [6.07, 6.45) is 2.16. The number of hydrogen-bond acceptors (Lipinski definition) is 2. The van der Waals surface area contributed by atoms with Crippen LogP contribution in [0.2, 0.25) is 0 Å². The first-order valence-electron chi connectivity index (χ1n) is 3.49. The van der Waals surface area contributed by atoms with E-state index in [1.54, 1.807) is 18.1 Å². The topological polar surface area (TPSA) is 33.2 Å². The Morgan fingerprint density at radius 2 is 2.45 bits per heavy atom. The lowest BCUT2D eigenvalue weighted by atomic mass is 10.3. The summed E-state index contributed by atoms with van der Waals surface area (Å²) in [6.45, 7) is 0. The fourth-order valence-corrected chi connectivity index (χ4v) is 1.27. The molecule has 0 aliphatic carbocycles. The van der Waals surface area contributed by atoms with Gasteiger partial charge in [0.15, 0.2) is 0 Å². The number of pyridine rings is 1. The highest BCUT2D eigenvalue weighted by Gasteiger charge is 2.23. The second-order valence-corrected chi connectivity index (χ2v) is 2.60. The standard InChI is InChI=1S/C8H8N2O/c1-10-7-3-2-4-9-6(7)5-8(10)11/h2-4H,5H2,1H3. The molecule has 0 bridgehead atoms. The predicted molar refractivity (Wildman–Crippen MR) is 41.4 cm³/mol. The quantitative estimate of drug-likeness (QED) is 0.539. The Labute approximate surface area is 64.7 Å². The lowest BCUT2D eigenvalue weighted by Crippen LogP contribution is -2.20. The zero-order chi connectivity index (χ0) is 7.84. The van der Waals surface area contributed by atoms with Gasteiger partial charge < -0.3 is 4.90 Å². The summed E-state index contributed by atoms with van der Waals surface area (Å²) in [4.78, 5) is 16.9. The second-order valence-electron chi connectivity index (χ2n) is 2.60. The Morgan fingerprint density at radius 3 is 3.18 bits per heavy atom. The van der Waals surface area contributed by atoms with E-state index in [-0.39, 0.29) is 5.91 Å². The van der Waals surface area contributed by atoms with Crippen molar-refractivity contribution in [3.05, 3.63) is 24.0 Å². The van der Waals surface area contributed by atoms with Crippen LogP contribution in [-0.4, -0.2) is 17.9 Å². The number of rotatable bonds is 0. The van der Waals surface area contributed by atoms with Gasteiger partial charge in [-0.05, 0) is 12.1 Å². The third kappa shape index (κ3) is 0.808. The Bertz CT molecular complexity index is 309. The first kappa shape index (κ1) is 6.34. The van der Waals surface area contributed by atoms with E-state index in [1.807, 2.05) is 12.1 Å². The van der Waals surface area contributed by atoms with Gasteiger partial charge in [0.25, 0.3) is 0 Å². The number of nitrogens with zero attached hydrogens (tertiary/aromatic N) is 2. The molecule has 56 valence electrons. The molecule has 0 fully saturated rings. The van der Waals surface area contributed by atoms with Crippen molar-refractivity contribution < 1.29 is 4.79 Å². The van der Waals surface area contributed by atoms with E-state index in [4.69, 9.17) is 0 Å². The van der Waals surface area contributed by atoms with Gasteiger partial charge in [-0.1, -0.05) is 0 Å². The summed E-state index contributed by atoms with van der Waals surface area (Å²) in [6, 6.07) is 3.75. The minimum absolute atomic E-state index is 0.124. The molecule has 1 amide bonds. The van der Waals surface area contributed by atoms with E-state index >= 15 is 0 Å². The molecule has 0 N–H and O–H groups in total. The Balaban J connectivity index is 2.55. The number of aromatic nitrogens is 1.